The number of fused-ring (bicyclic) bond motifs is 1. The molecule has 0 saturated carbocycles. The number of urea groups is 1. The number of aryl methyl sites for hydroxylation is 1. The summed E-state index contributed by atoms with van der Waals surface area (Å²) in [7, 11) is -2.60. The van der Waals surface area contributed by atoms with Gasteiger partial charge in [0.1, 0.15) is 5.75 Å². The summed E-state index contributed by atoms with van der Waals surface area (Å²) < 4.78 is 32.2. The first kappa shape index (κ1) is 17.9. The van der Waals surface area contributed by atoms with Gasteiger partial charge < -0.3 is 4.74 Å². The fourth-order valence-corrected chi connectivity index (χ4v) is 3.75. The zero-order valence-corrected chi connectivity index (χ0v) is 15.2. The average molecular weight is 374 g/mol. The molecule has 1 aliphatic rings. The Labute approximate surface area is 151 Å². The van der Waals surface area contributed by atoms with Crippen LogP contribution in [-0.2, 0) is 10.0 Å². The van der Waals surface area contributed by atoms with Crippen molar-refractivity contribution >= 4 is 27.5 Å². The lowest BCUT2D eigenvalue weighted by Crippen LogP contribution is -2.46. The lowest BCUT2D eigenvalue weighted by molar-refractivity contribution is 0.0980. The molecule has 0 fully saturated rings. The van der Waals surface area contributed by atoms with E-state index in [9.17, 15) is 18.0 Å². The summed E-state index contributed by atoms with van der Waals surface area (Å²) in [6.07, 6.45) is 0.109. The molecule has 3 rings (SSSR count). The number of rotatable bonds is 3. The van der Waals surface area contributed by atoms with Gasteiger partial charge in [0, 0.05) is 18.5 Å². The van der Waals surface area contributed by atoms with Crippen LogP contribution in [0.3, 0.4) is 0 Å². The monoisotopic (exact) mass is 374 g/mol. The molecular formula is C18H18N2O5S. The summed E-state index contributed by atoms with van der Waals surface area (Å²) in [6, 6.07) is 10.2. The molecular weight excluding hydrogens is 356 g/mol. The maximum atomic E-state index is 12.7. The van der Waals surface area contributed by atoms with Crippen molar-refractivity contribution in [2.24, 2.45) is 0 Å². The average Bonchev–Trinajstić information content (AvgIpc) is 2.61. The maximum absolute atomic E-state index is 12.7. The number of amides is 2. The van der Waals surface area contributed by atoms with E-state index < -0.39 is 16.1 Å². The summed E-state index contributed by atoms with van der Waals surface area (Å²) in [6.45, 7) is 1.91. The van der Waals surface area contributed by atoms with Crippen LogP contribution in [0.4, 0.5) is 10.5 Å². The lowest BCUT2D eigenvalue weighted by atomic mass is 10.00. The number of carbonyl (C=O) groups is 2. The number of ether oxygens (including phenoxy) is 1. The molecule has 1 heterocycles. The lowest BCUT2D eigenvalue weighted by Gasteiger charge is -2.30. The number of carbonyl (C=O) groups excluding carboxylic acids is 2. The fourth-order valence-electron chi connectivity index (χ4n) is 2.80. The number of methoxy groups -OCH3 is 1. The van der Waals surface area contributed by atoms with Gasteiger partial charge in [-0.05, 0) is 31.2 Å². The highest BCUT2D eigenvalue weighted by molar-refractivity contribution is 7.90. The topological polar surface area (TPSA) is 92.8 Å². The fraction of sp³-hybridized carbons (Fsp3) is 0.222. The van der Waals surface area contributed by atoms with Gasteiger partial charge in [0.05, 0.1) is 17.7 Å². The Morgan fingerprint density at radius 2 is 1.85 bits per heavy atom. The van der Waals surface area contributed by atoms with Crippen LogP contribution < -0.4 is 14.4 Å². The summed E-state index contributed by atoms with van der Waals surface area (Å²) >= 11 is 0. The number of nitrogens with one attached hydrogen (secondary N) is 1. The molecule has 136 valence electrons. The molecule has 0 saturated heterocycles. The van der Waals surface area contributed by atoms with Gasteiger partial charge in [-0.3, -0.25) is 9.69 Å². The van der Waals surface area contributed by atoms with E-state index in [2.05, 4.69) is 4.72 Å². The minimum atomic E-state index is -4.03. The predicted octanol–water partition coefficient (Wildman–Crippen LogP) is 2.49. The van der Waals surface area contributed by atoms with Gasteiger partial charge in [0.2, 0.25) is 0 Å². The van der Waals surface area contributed by atoms with Gasteiger partial charge in [0.15, 0.2) is 5.78 Å². The molecule has 1 N–H and O–H groups in total. The van der Waals surface area contributed by atoms with Crippen molar-refractivity contribution in [1.29, 1.82) is 0 Å². The van der Waals surface area contributed by atoms with E-state index in [4.69, 9.17) is 4.74 Å². The molecule has 0 atom stereocenters. The first-order valence-electron chi connectivity index (χ1n) is 7.94. The second-order valence-corrected chi connectivity index (χ2v) is 7.59. The number of hydrogen-bond donors (Lipinski definition) is 1. The molecule has 0 bridgehead atoms. The van der Waals surface area contributed by atoms with Gasteiger partial charge in [-0.1, -0.05) is 23.8 Å². The van der Waals surface area contributed by atoms with E-state index in [1.165, 1.54) is 24.1 Å². The maximum Gasteiger partial charge on any atom is 0.335 e. The Kier molecular flexibility index (Phi) is 4.69. The number of ketones is 1. The van der Waals surface area contributed by atoms with Crippen molar-refractivity contribution in [2.45, 2.75) is 18.2 Å². The molecule has 1 aliphatic heterocycles. The Balaban J connectivity index is 1.93. The Morgan fingerprint density at radius 3 is 2.50 bits per heavy atom. The molecule has 0 radical (unpaired) electrons. The van der Waals surface area contributed by atoms with E-state index in [0.717, 1.165) is 5.56 Å². The van der Waals surface area contributed by atoms with Crippen LogP contribution in [-0.4, -0.2) is 33.9 Å². The highest BCUT2D eigenvalue weighted by atomic mass is 32.2. The second-order valence-electron chi connectivity index (χ2n) is 5.90. The Morgan fingerprint density at radius 1 is 1.15 bits per heavy atom. The van der Waals surface area contributed by atoms with Crippen LogP contribution in [0.15, 0.2) is 47.4 Å². The van der Waals surface area contributed by atoms with E-state index in [-0.39, 0.29) is 29.3 Å². The smallest absolute Gasteiger partial charge is 0.335 e. The zero-order chi connectivity index (χ0) is 18.9. The van der Waals surface area contributed by atoms with E-state index in [0.29, 0.717) is 11.3 Å². The number of Topliss-reactive ketones (excluding diaryl/α,β-unsaturated/α-hetero) is 1. The summed E-state index contributed by atoms with van der Waals surface area (Å²) in [4.78, 5) is 26.0. The van der Waals surface area contributed by atoms with Crippen molar-refractivity contribution in [1.82, 2.24) is 4.72 Å². The third-order valence-electron chi connectivity index (χ3n) is 4.15. The third-order valence-corrected chi connectivity index (χ3v) is 5.49. The Hall–Kier alpha value is -2.87. The van der Waals surface area contributed by atoms with Gasteiger partial charge in [0.25, 0.3) is 10.0 Å². The van der Waals surface area contributed by atoms with Crippen LogP contribution in [0, 0.1) is 6.92 Å². The first-order chi connectivity index (χ1) is 12.3. The van der Waals surface area contributed by atoms with E-state index in [1.807, 2.05) is 6.92 Å². The highest BCUT2D eigenvalue weighted by Gasteiger charge is 2.32. The summed E-state index contributed by atoms with van der Waals surface area (Å²) in [5.74, 6) is 0.211. The van der Waals surface area contributed by atoms with Crippen LogP contribution in [0.25, 0.3) is 0 Å². The molecule has 0 aromatic heterocycles. The van der Waals surface area contributed by atoms with Crippen molar-refractivity contribution < 1.29 is 22.7 Å². The van der Waals surface area contributed by atoms with Crippen molar-refractivity contribution in [2.75, 3.05) is 18.6 Å². The number of nitrogens with zero attached hydrogens (tertiary/aromatic N) is 1. The number of benzene rings is 2. The summed E-state index contributed by atoms with van der Waals surface area (Å²) in [5.41, 5.74) is 1.52. The third kappa shape index (κ3) is 3.28. The van der Waals surface area contributed by atoms with E-state index in [1.54, 1.807) is 30.3 Å². The molecule has 8 heteroatoms. The highest BCUT2D eigenvalue weighted by Crippen LogP contribution is 2.36. The minimum Gasteiger partial charge on any atom is -0.495 e. The normalized spacial score (nSPS) is 13.9. The molecule has 2 aromatic carbocycles. The molecule has 0 unspecified atom stereocenters. The van der Waals surface area contributed by atoms with Crippen LogP contribution >= 0.6 is 0 Å². The molecule has 0 aliphatic carbocycles. The standard InChI is InChI=1S/C18H18N2O5S/c1-12-6-8-13(9-7-12)26(23,24)19-18(22)20-11-10-15(21)14-4-3-5-16(25-2)17(14)20/h3-9H,10-11H2,1-2H3,(H,19,22). The largest absolute Gasteiger partial charge is 0.495 e. The number of anilines is 1. The van der Waals surface area contributed by atoms with Gasteiger partial charge in [-0.15, -0.1) is 0 Å². The number of para-hydroxylation sites is 1. The van der Waals surface area contributed by atoms with Crippen molar-refractivity contribution in [3.05, 3.63) is 53.6 Å². The van der Waals surface area contributed by atoms with Gasteiger partial charge >= 0.3 is 6.03 Å². The Bertz CT molecular complexity index is 968. The van der Waals surface area contributed by atoms with Gasteiger partial charge in [-0.2, -0.15) is 0 Å². The molecule has 2 aromatic rings. The molecule has 0 spiro atoms. The van der Waals surface area contributed by atoms with Crippen LogP contribution in [0.1, 0.15) is 22.3 Å². The number of hydrogen-bond acceptors (Lipinski definition) is 5. The van der Waals surface area contributed by atoms with Crippen LogP contribution in [0.5, 0.6) is 5.75 Å². The first-order valence-corrected chi connectivity index (χ1v) is 9.43. The minimum absolute atomic E-state index is 0.00946. The van der Waals surface area contributed by atoms with Crippen molar-refractivity contribution in [3.63, 3.8) is 0 Å². The quantitative estimate of drug-likeness (QED) is 0.891. The van der Waals surface area contributed by atoms with Crippen LogP contribution in [0.2, 0.25) is 0 Å². The SMILES string of the molecule is COc1cccc2c1N(C(=O)NS(=O)(=O)c1ccc(C)cc1)CCC2=O. The zero-order valence-electron chi connectivity index (χ0n) is 14.4. The van der Waals surface area contributed by atoms with Gasteiger partial charge in [-0.25, -0.2) is 17.9 Å². The molecule has 7 nitrogen and oxygen atoms in total. The predicted molar refractivity (Wildman–Crippen MR) is 96.2 cm³/mol. The number of sulfonamides is 1. The van der Waals surface area contributed by atoms with E-state index >= 15 is 0 Å². The summed E-state index contributed by atoms with van der Waals surface area (Å²) in [5, 5.41) is 0. The second kappa shape index (κ2) is 6.80. The molecule has 2 amide bonds. The molecule has 26 heavy (non-hydrogen) atoms. The van der Waals surface area contributed by atoms with Crippen molar-refractivity contribution in [3.8, 4) is 5.75 Å².